The predicted octanol–water partition coefficient (Wildman–Crippen LogP) is 3.47. The van der Waals surface area contributed by atoms with E-state index in [2.05, 4.69) is 17.4 Å². The summed E-state index contributed by atoms with van der Waals surface area (Å²) in [5, 5.41) is 4.12. The summed E-state index contributed by atoms with van der Waals surface area (Å²) in [7, 11) is 0. The maximum Gasteiger partial charge on any atom is 0.0969 e. The van der Waals surface area contributed by atoms with Crippen molar-refractivity contribution in [3.63, 3.8) is 0 Å². The van der Waals surface area contributed by atoms with E-state index in [-0.39, 0.29) is 0 Å². The quantitative estimate of drug-likeness (QED) is 0.466. The van der Waals surface area contributed by atoms with Crippen molar-refractivity contribution in [2.45, 2.75) is 30.8 Å². The summed E-state index contributed by atoms with van der Waals surface area (Å²) in [6.45, 7) is 3.66. The van der Waals surface area contributed by atoms with E-state index in [0.29, 0.717) is 12.8 Å². The van der Waals surface area contributed by atoms with Gasteiger partial charge in [0.15, 0.2) is 0 Å². The molecule has 1 aliphatic rings. The first-order valence-corrected chi connectivity index (χ1v) is 7.33. The Hall–Kier alpha value is -0.220. The fraction of sp³-hybridized carbons (Fsp3) is 0.538. The van der Waals surface area contributed by atoms with E-state index in [0.717, 1.165) is 22.9 Å². The van der Waals surface area contributed by atoms with Crippen molar-refractivity contribution >= 4 is 23.4 Å². The van der Waals surface area contributed by atoms with Gasteiger partial charge in [0.1, 0.15) is 0 Å². The molecule has 0 spiro atoms. The summed E-state index contributed by atoms with van der Waals surface area (Å²) < 4.78 is 5.50. The Labute approximate surface area is 112 Å². The molecule has 1 aromatic rings. The Kier molecular flexibility index (Phi) is 5.16. The topological polar surface area (TPSA) is 21.3 Å². The summed E-state index contributed by atoms with van der Waals surface area (Å²) in [5.74, 6) is 1.04. The van der Waals surface area contributed by atoms with Crippen LogP contribution in [0.15, 0.2) is 23.1 Å². The highest BCUT2D eigenvalue weighted by molar-refractivity contribution is 7.99. The summed E-state index contributed by atoms with van der Waals surface area (Å²) >= 11 is 7.88. The second kappa shape index (κ2) is 6.64. The van der Waals surface area contributed by atoms with Crippen molar-refractivity contribution in [1.29, 1.82) is 0 Å². The molecular weight excluding hydrogens is 254 g/mol. The molecule has 1 aromatic carbocycles. The number of hydrogen-bond donors (Lipinski definition) is 1. The first kappa shape index (κ1) is 13.2. The molecule has 0 saturated heterocycles. The molecule has 1 fully saturated rings. The first-order chi connectivity index (χ1) is 8.25. The number of ether oxygens (including phenoxy) is 1. The molecule has 2 rings (SSSR count). The number of nitrogens with one attached hydrogen (secondary N) is 1. The van der Waals surface area contributed by atoms with Gasteiger partial charge in [-0.15, -0.1) is 11.8 Å². The molecular formula is C13H18ClNOS. The highest BCUT2D eigenvalue weighted by Gasteiger charge is 2.21. The zero-order valence-corrected chi connectivity index (χ0v) is 11.6. The number of halogens is 1. The third kappa shape index (κ3) is 4.88. The fourth-order valence-corrected chi connectivity index (χ4v) is 2.48. The third-order valence-corrected chi connectivity index (χ3v) is 4.04. The third-order valence-electron chi connectivity index (χ3n) is 2.64. The van der Waals surface area contributed by atoms with Gasteiger partial charge >= 0.3 is 0 Å². The van der Waals surface area contributed by atoms with Gasteiger partial charge in [-0.1, -0.05) is 17.7 Å². The van der Waals surface area contributed by atoms with Crippen LogP contribution >= 0.6 is 23.4 Å². The SMILES string of the molecule is Cc1ccc(SCCNCOC2CC2)cc1Cl. The fourth-order valence-electron chi connectivity index (χ4n) is 1.39. The Morgan fingerprint density at radius 1 is 1.47 bits per heavy atom. The molecule has 2 nitrogen and oxygen atoms in total. The number of hydrogen-bond acceptors (Lipinski definition) is 3. The van der Waals surface area contributed by atoms with Crippen LogP contribution in [0.2, 0.25) is 5.02 Å². The highest BCUT2D eigenvalue weighted by atomic mass is 35.5. The Morgan fingerprint density at radius 3 is 3.00 bits per heavy atom. The van der Waals surface area contributed by atoms with Crippen LogP contribution in [-0.2, 0) is 4.74 Å². The van der Waals surface area contributed by atoms with E-state index in [9.17, 15) is 0 Å². The number of rotatable bonds is 7. The van der Waals surface area contributed by atoms with Gasteiger partial charge in [-0.3, -0.25) is 5.32 Å². The molecule has 17 heavy (non-hydrogen) atoms. The van der Waals surface area contributed by atoms with Crippen LogP contribution in [-0.4, -0.2) is 25.1 Å². The largest absolute Gasteiger partial charge is 0.363 e. The van der Waals surface area contributed by atoms with Crippen LogP contribution in [0.5, 0.6) is 0 Å². The van der Waals surface area contributed by atoms with Gasteiger partial charge < -0.3 is 4.74 Å². The normalized spacial score (nSPS) is 15.2. The average molecular weight is 272 g/mol. The minimum Gasteiger partial charge on any atom is -0.363 e. The number of aryl methyl sites for hydroxylation is 1. The van der Waals surface area contributed by atoms with Gasteiger partial charge in [0.05, 0.1) is 12.8 Å². The molecule has 1 aliphatic carbocycles. The maximum atomic E-state index is 6.07. The summed E-state index contributed by atoms with van der Waals surface area (Å²) in [6.07, 6.45) is 3.00. The lowest BCUT2D eigenvalue weighted by Crippen LogP contribution is -2.21. The van der Waals surface area contributed by atoms with Gasteiger partial charge in [0, 0.05) is 22.2 Å². The molecule has 4 heteroatoms. The van der Waals surface area contributed by atoms with Crippen LogP contribution in [0.25, 0.3) is 0 Å². The van der Waals surface area contributed by atoms with E-state index in [4.69, 9.17) is 16.3 Å². The highest BCUT2D eigenvalue weighted by Crippen LogP contribution is 2.24. The first-order valence-electron chi connectivity index (χ1n) is 5.97. The van der Waals surface area contributed by atoms with Crippen molar-refractivity contribution in [2.24, 2.45) is 0 Å². The van der Waals surface area contributed by atoms with Gasteiger partial charge in [-0.2, -0.15) is 0 Å². The minimum absolute atomic E-state index is 0.533. The van der Waals surface area contributed by atoms with Crippen LogP contribution in [0.1, 0.15) is 18.4 Å². The Bertz CT molecular complexity index is 368. The summed E-state index contributed by atoms with van der Waals surface area (Å²) in [5.41, 5.74) is 1.13. The minimum atomic E-state index is 0.533. The van der Waals surface area contributed by atoms with E-state index < -0.39 is 0 Å². The molecule has 0 amide bonds. The average Bonchev–Trinajstić information content (AvgIpc) is 3.12. The molecule has 0 aromatic heterocycles. The van der Waals surface area contributed by atoms with Crippen LogP contribution in [0.3, 0.4) is 0 Å². The van der Waals surface area contributed by atoms with E-state index in [1.807, 2.05) is 24.8 Å². The number of thioether (sulfide) groups is 1. The van der Waals surface area contributed by atoms with Gasteiger partial charge in [0.25, 0.3) is 0 Å². The second-order valence-corrected chi connectivity index (χ2v) is 5.85. The molecule has 0 aliphatic heterocycles. The van der Waals surface area contributed by atoms with Crippen LogP contribution in [0.4, 0.5) is 0 Å². The second-order valence-electron chi connectivity index (χ2n) is 4.27. The van der Waals surface area contributed by atoms with Crippen molar-refractivity contribution < 1.29 is 4.74 Å². The van der Waals surface area contributed by atoms with Gasteiger partial charge in [-0.25, -0.2) is 0 Å². The van der Waals surface area contributed by atoms with Crippen molar-refractivity contribution in [2.75, 3.05) is 19.0 Å². The Balaban J connectivity index is 1.58. The standard InChI is InChI=1S/C13H18ClNOS/c1-10-2-5-12(8-13(10)14)17-7-6-15-9-16-11-3-4-11/h2,5,8,11,15H,3-4,6-7,9H2,1H3. The molecule has 94 valence electrons. The molecule has 0 heterocycles. The summed E-state index contributed by atoms with van der Waals surface area (Å²) in [4.78, 5) is 1.23. The molecule has 0 atom stereocenters. The summed E-state index contributed by atoms with van der Waals surface area (Å²) in [6, 6.07) is 6.21. The lowest BCUT2D eigenvalue weighted by Gasteiger charge is -2.06. The van der Waals surface area contributed by atoms with E-state index in [1.165, 1.54) is 17.7 Å². The molecule has 1 saturated carbocycles. The van der Waals surface area contributed by atoms with Gasteiger partial charge in [-0.05, 0) is 37.5 Å². The van der Waals surface area contributed by atoms with E-state index >= 15 is 0 Å². The lowest BCUT2D eigenvalue weighted by atomic mass is 10.2. The van der Waals surface area contributed by atoms with E-state index in [1.54, 1.807) is 0 Å². The maximum absolute atomic E-state index is 6.07. The molecule has 0 radical (unpaired) electrons. The zero-order valence-electron chi connectivity index (χ0n) is 10.0. The van der Waals surface area contributed by atoms with Gasteiger partial charge in [0.2, 0.25) is 0 Å². The zero-order chi connectivity index (χ0) is 12.1. The van der Waals surface area contributed by atoms with Crippen LogP contribution < -0.4 is 5.32 Å². The predicted molar refractivity (Wildman–Crippen MR) is 73.9 cm³/mol. The monoisotopic (exact) mass is 271 g/mol. The Morgan fingerprint density at radius 2 is 2.29 bits per heavy atom. The molecule has 1 N–H and O–H groups in total. The van der Waals surface area contributed by atoms with Crippen molar-refractivity contribution in [3.8, 4) is 0 Å². The lowest BCUT2D eigenvalue weighted by molar-refractivity contribution is 0.104. The van der Waals surface area contributed by atoms with Crippen molar-refractivity contribution in [1.82, 2.24) is 5.32 Å². The van der Waals surface area contributed by atoms with Crippen molar-refractivity contribution in [3.05, 3.63) is 28.8 Å². The smallest absolute Gasteiger partial charge is 0.0969 e. The van der Waals surface area contributed by atoms with Crippen LogP contribution in [0, 0.1) is 6.92 Å². The number of benzene rings is 1. The molecule has 0 bridgehead atoms. The molecule has 0 unspecified atom stereocenters.